The van der Waals surface area contributed by atoms with Crippen LogP contribution in [0.2, 0.25) is 0 Å². The number of esters is 1. The molecule has 2 atom stereocenters. The maximum absolute atomic E-state index is 13.7. The number of amidine groups is 1. The van der Waals surface area contributed by atoms with E-state index in [9.17, 15) is 22.8 Å². The van der Waals surface area contributed by atoms with E-state index in [1.807, 2.05) is 6.92 Å². The second-order valence-electron chi connectivity index (χ2n) is 9.79. The van der Waals surface area contributed by atoms with Crippen molar-refractivity contribution in [1.29, 1.82) is 0 Å². The number of ether oxygens (including phenoxy) is 2. The van der Waals surface area contributed by atoms with Gasteiger partial charge < -0.3 is 25.4 Å². The Balaban J connectivity index is 1.39. The number of thiazole rings is 1. The van der Waals surface area contributed by atoms with Gasteiger partial charge >= 0.3 is 12.1 Å². The molecule has 2 aliphatic rings. The van der Waals surface area contributed by atoms with E-state index < -0.39 is 34.0 Å². The number of aliphatic imine (C=N–C) groups is 1. The molecule has 0 radical (unpaired) electrons. The minimum atomic E-state index is -4.03. The van der Waals surface area contributed by atoms with Gasteiger partial charge in [-0.15, -0.1) is 22.7 Å². The van der Waals surface area contributed by atoms with Crippen molar-refractivity contribution in [3.8, 4) is 0 Å². The number of methoxy groups -OCH3 is 1. The Bertz CT molecular complexity index is 1680. The molecule has 1 fully saturated rings. The minimum absolute atomic E-state index is 0.00396. The Labute approximate surface area is 250 Å². The standard InChI is InChI=1S/C26H30N6O7S3/c1-4-39-25(34)18-13-31(7-8-32(18)24(33)23-29-17-9-14(2)28-12-20(17)41-23)42(36,37)21-11-16-10-15(5-6-19(16)40-21)22(27)30-26(35)38-3/h5-6,10-11,14,18,28H,4,7-9,12-13H2,1-3H3,(H2,27,30,35). The Morgan fingerprint density at radius 3 is 2.74 bits per heavy atom. The van der Waals surface area contributed by atoms with Gasteiger partial charge in [0.2, 0.25) is 0 Å². The first-order chi connectivity index (χ1) is 20.0. The highest BCUT2D eigenvalue weighted by Crippen LogP contribution is 2.33. The van der Waals surface area contributed by atoms with Crippen LogP contribution in [0.15, 0.2) is 33.5 Å². The number of hydrogen-bond donors (Lipinski definition) is 2. The maximum atomic E-state index is 13.7. The molecule has 16 heteroatoms. The summed E-state index contributed by atoms with van der Waals surface area (Å²) in [7, 11) is -2.85. The second-order valence-corrected chi connectivity index (χ2v) is 14.1. The number of nitrogens with one attached hydrogen (secondary N) is 1. The van der Waals surface area contributed by atoms with Crippen LogP contribution in [0.1, 0.15) is 39.8 Å². The van der Waals surface area contributed by atoms with Crippen LogP contribution < -0.4 is 11.1 Å². The number of hydrogen-bond acceptors (Lipinski definition) is 11. The number of sulfonamides is 1. The van der Waals surface area contributed by atoms with Crippen molar-refractivity contribution in [2.75, 3.05) is 33.4 Å². The molecule has 4 heterocycles. The maximum Gasteiger partial charge on any atom is 0.435 e. The molecule has 42 heavy (non-hydrogen) atoms. The summed E-state index contributed by atoms with van der Waals surface area (Å²) in [6, 6.07) is 5.58. The molecule has 3 N–H and O–H groups in total. The quantitative estimate of drug-likeness (QED) is 0.232. The number of piperazine rings is 1. The minimum Gasteiger partial charge on any atom is -0.464 e. The third-order valence-corrected chi connectivity index (χ3v) is 11.5. The number of benzene rings is 1. The van der Waals surface area contributed by atoms with Crippen molar-refractivity contribution in [2.24, 2.45) is 10.7 Å². The van der Waals surface area contributed by atoms with Crippen molar-refractivity contribution >= 4 is 66.6 Å². The number of carbonyl (C=O) groups excluding carboxylic acids is 3. The molecule has 13 nitrogen and oxygen atoms in total. The van der Waals surface area contributed by atoms with Gasteiger partial charge in [-0.2, -0.15) is 9.30 Å². The van der Waals surface area contributed by atoms with Gasteiger partial charge in [0.25, 0.3) is 15.9 Å². The average Bonchev–Trinajstić information content (AvgIpc) is 3.60. The van der Waals surface area contributed by atoms with Gasteiger partial charge in [0.15, 0.2) is 5.01 Å². The molecular weight excluding hydrogens is 605 g/mol. The van der Waals surface area contributed by atoms with Crippen molar-refractivity contribution in [3.05, 3.63) is 45.4 Å². The molecule has 5 rings (SSSR count). The van der Waals surface area contributed by atoms with Gasteiger partial charge in [-0.25, -0.2) is 23.0 Å². The molecule has 2 amide bonds. The molecule has 1 saturated heterocycles. The summed E-state index contributed by atoms with van der Waals surface area (Å²) >= 11 is 2.35. The summed E-state index contributed by atoms with van der Waals surface area (Å²) in [5.41, 5.74) is 7.20. The van der Waals surface area contributed by atoms with Crippen molar-refractivity contribution in [2.45, 2.75) is 43.1 Å². The summed E-state index contributed by atoms with van der Waals surface area (Å²) in [5, 5.41) is 4.21. The van der Waals surface area contributed by atoms with Crippen LogP contribution in [0.3, 0.4) is 0 Å². The van der Waals surface area contributed by atoms with Gasteiger partial charge in [-0.05, 0) is 43.5 Å². The van der Waals surface area contributed by atoms with Crippen LogP contribution in [-0.2, 0) is 37.3 Å². The number of fused-ring (bicyclic) bond motifs is 2. The first-order valence-corrected chi connectivity index (χ1v) is 16.2. The van der Waals surface area contributed by atoms with Crippen molar-refractivity contribution < 1.29 is 32.3 Å². The number of nitrogens with zero attached hydrogens (tertiary/aromatic N) is 4. The van der Waals surface area contributed by atoms with Crippen molar-refractivity contribution in [1.82, 2.24) is 19.5 Å². The van der Waals surface area contributed by atoms with Crippen molar-refractivity contribution in [3.63, 3.8) is 0 Å². The third kappa shape index (κ3) is 5.89. The lowest BCUT2D eigenvalue weighted by Gasteiger charge is -2.38. The molecule has 224 valence electrons. The molecule has 0 aliphatic carbocycles. The Kier molecular flexibility index (Phi) is 8.61. The normalized spacial score (nSPS) is 19.9. The summed E-state index contributed by atoms with van der Waals surface area (Å²) in [6.45, 7) is 4.14. The van der Waals surface area contributed by atoms with Crippen LogP contribution in [0.5, 0.6) is 0 Å². The molecule has 0 spiro atoms. The van der Waals surface area contributed by atoms with Crippen LogP contribution in [0, 0.1) is 0 Å². The van der Waals surface area contributed by atoms with Crippen LogP contribution in [0.4, 0.5) is 4.79 Å². The molecule has 1 aromatic carbocycles. The van der Waals surface area contributed by atoms with Gasteiger partial charge in [-0.3, -0.25) is 4.79 Å². The SMILES string of the molecule is CCOC(=O)C1CN(S(=O)(=O)c2cc3cc(C(N)=NC(=O)OC)ccc3s2)CCN1C(=O)c1nc2c(s1)CNC(C)C2. The number of aromatic nitrogens is 1. The highest BCUT2D eigenvalue weighted by atomic mass is 32.2. The summed E-state index contributed by atoms with van der Waals surface area (Å²) in [4.78, 5) is 48.6. The molecule has 2 aromatic heterocycles. The zero-order valence-corrected chi connectivity index (χ0v) is 25.6. The van der Waals surface area contributed by atoms with Crippen LogP contribution in [-0.4, -0.2) is 91.8 Å². The van der Waals surface area contributed by atoms with E-state index >= 15 is 0 Å². The Hall–Kier alpha value is -3.44. The topological polar surface area (TPSA) is 174 Å². The summed E-state index contributed by atoms with van der Waals surface area (Å²) < 4.78 is 39.2. The third-order valence-electron chi connectivity index (χ3n) is 7.00. The van der Waals surface area contributed by atoms with E-state index in [2.05, 4.69) is 20.0 Å². The van der Waals surface area contributed by atoms with E-state index in [0.717, 1.165) is 21.9 Å². The largest absolute Gasteiger partial charge is 0.464 e. The molecule has 3 aromatic rings. The smallest absolute Gasteiger partial charge is 0.435 e. The first kappa shape index (κ1) is 30.0. The number of thiophene rings is 1. The predicted octanol–water partition coefficient (Wildman–Crippen LogP) is 1.94. The molecule has 0 bridgehead atoms. The fourth-order valence-electron chi connectivity index (χ4n) is 4.83. The summed E-state index contributed by atoms with van der Waals surface area (Å²) in [5.74, 6) is -1.16. The van der Waals surface area contributed by atoms with E-state index in [-0.39, 0.29) is 47.3 Å². The van der Waals surface area contributed by atoms with Gasteiger partial charge in [-0.1, -0.05) is 0 Å². The fourth-order valence-corrected chi connectivity index (χ4v) is 8.79. The predicted molar refractivity (Wildman–Crippen MR) is 157 cm³/mol. The van der Waals surface area contributed by atoms with Crippen LogP contribution in [0.25, 0.3) is 10.1 Å². The fraction of sp³-hybridized carbons (Fsp3) is 0.423. The lowest BCUT2D eigenvalue weighted by Crippen LogP contribution is -2.59. The monoisotopic (exact) mass is 634 g/mol. The molecule has 0 saturated carbocycles. The second kappa shape index (κ2) is 12.0. The number of nitrogens with two attached hydrogens (primary N) is 1. The number of amides is 2. The highest BCUT2D eigenvalue weighted by Gasteiger charge is 2.42. The Morgan fingerprint density at radius 1 is 1.21 bits per heavy atom. The zero-order chi connectivity index (χ0) is 30.2. The Morgan fingerprint density at radius 2 is 2.00 bits per heavy atom. The number of rotatable bonds is 6. The van der Waals surface area contributed by atoms with E-state index in [4.69, 9.17) is 10.5 Å². The molecular formula is C26H30N6O7S3. The first-order valence-electron chi connectivity index (χ1n) is 13.2. The van der Waals surface area contributed by atoms with Gasteiger partial charge in [0.05, 0.1) is 19.4 Å². The van der Waals surface area contributed by atoms with Crippen LogP contribution >= 0.6 is 22.7 Å². The zero-order valence-electron chi connectivity index (χ0n) is 23.2. The highest BCUT2D eigenvalue weighted by molar-refractivity contribution is 7.91. The van der Waals surface area contributed by atoms with E-state index in [0.29, 0.717) is 28.6 Å². The average molecular weight is 635 g/mol. The number of carbonyl (C=O) groups is 3. The van der Waals surface area contributed by atoms with Gasteiger partial charge in [0.1, 0.15) is 16.1 Å². The lowest BCUT2D eigenvalue weighted by molar-refractivity contribution is -0.149. The molecule has 2 aliphatic heterocycles. The van der Waals surface area contributed by atoms with E-state index in [1.54, 1.807) is 25.1 Å². The lowest BCUT2D eigenvalue weighted by atomic mass is 10.1. The summed E-state index contributed by atoms with van der Waals surface area (Å²) in [6.07, 6.45) is -0.149. The van der Waals surface area contributed by atoms with Gasteiger partial charge in [0, 0.05) is 53.8 Å². The van der Waals surface area contributed by atoms with E-state index in [1.165, 1.54) is 33.7 Å². The molecule has 2 unspecified atom stereocenters.